The highest BCUT2D eigenvalue weighted by Crippen LogP contribution is 2.18. The smallest absolute Gasteiger partial charge is 0.387 e. The Kier molecular flexibility index (Phi) is 5.55. The number of alkyl halides is 3. The van der Waals surface area contributed by atoms with Crippen LogP contribution in [0, 0.1) is 6.92 Å². The van der Waals surface area contributed by atoms with E-state index in [4.69, 9.17) is 0 Å². The number of hydrogen-bond donors (Lipinski definition) is 1. The minimum Gasteiger partial charge on any atom is -0.387 e. The first-order chi connectivity index (χ1) is 8.38. The fourth-order valence-electron chi connectivity index (χ4n) is 1.46. The van der Waals surface area contributed by atoms with Crippen molar-refractivity contribution in [3.05, 3.63) is 29.6 Å². The third kappa shape index (κ3) is 5.97. The topological polar surface area (TPSA) is 42.4 Å². The standard InChI is InChI=1S/C12H16F3NO2/c1-9-4-5-16-10(7-9)11(17)3-2-6-18-8-12(13,14)15/h4-5,7,11,17H,2-3,6,8H2,1H3. The van der Waals surface area contributed by atoms with Gasteiger partial charge in [-0.05, 0) is 37.5 Å². The highest BCUT2D eigenvalue weighted by atomic mass is 19.4. The summed E-state index contributed by atoms with van der Waals surface area (Å²) in [6.45, 7) is 0.610. The van der Waals surface area contributed by atoms with Crippen molar-refractivity contribution >= 4 is 0 Å². The second-order valence-electron chi connectivity index (χ2n) is 4.08. The SMILES string of the molecule is Cc1ccnc(C(O)CCCOCC(F)(F)F)c1. The van der Waals surface area contributed by atoms with E-state index in [0.717, 1.165) is 5.56 Å². The molecule has 1 aromatic heterocycles. The van der Waals surface area contributed by atoms with Gasteiger partial charge in [0.1, 0.15) is 6.61 Å². The minimum atomic E-state index is -4.29. The molecule has 1 rings (SSSR count). The summed E-state index contributed by atoms with van der Waals surface area (Å²) in [6.07, 6.45) is -2.79. The number of aromatic nitrogens is 1. The molecule has 1 aromatic rings. The van der Waals surface area contributed by atoms with Crippen LogP contribution in [0.15, 0.2) is 18.3 Å². The van der Waals surface area contributed by atoms with Crippen LogP contribution in [0.25, 0.3) is 0 Å². The zero-order valence-corrected chi connectivity index (χ0v) is 10.1. The Morgan fingerprint density at radius 2 is 2.17 bits per heavy atom. The lowest BCUT2D eigenvalue weighted by Crippen LogP contribution is -2.17. The van der Waals surface area contributed by atoms with Crippen LogP contribution in [-0.4, -0.2) is 29.5 Å². The molecule has 0 amide bonds. The molecule has 1 N–H and O–H groups in total. The molecule has 18 heavy (non-hydrogen) atoms. The van der Waals surface area contributed by atoms with Crippen molar-refractivity contribution in [1.29, 1.82) is 0 Å². The first-order valence-electron chi connectivity index (χ1n) is 5.63. The third-order valence-corrected chi connectivity index (χ3v) is 2.31. The van der Waals surface area contributed by atoms with Crippen LogP contribution in [0.3, 0.4) is 0 Å². The summed E-state index contributed by atoms with van der Waals surface area (Å²) >= 11 is 0. The molecule has 0 radical (unpaired) electrons. The van der Waals surface area contributed by atoms with Gasteiger partial charge >= 0.3 is 6.18 Å². The summed E-state index contributed by atoms with van der Waals surface area (Å²) in [5, 5.41) is 9.76. The van der Waals surface area contributed by atoms with E-state index in [1.165, 1.54) is 0 Å². The van der Waals surface area contributed by atoms with Crippen LogP contribution in [-0.2, 0) is 4.74 Å². The van der Waals surface area contributed by atoms with Crippen LogP contribution in [0.1, 0.15) is 30.2 Å². The highest BCUT2D eigenvalue weighted by molar-refractivity contribution is 5.15. The van der Waals surface area contributed by atoms with Gasteiger partial charge < -0.3 is 9.84 Å². The Labute approximate surface area is 104 Å². The van der Waals surface area contributed by atoms with Crippen molar-refractivity contribution in [3.63, 3.8) is 0 Å². The molecule has 1 unspecified atom stereocenters. The molecule has 3 nitrogen and oxygen atoms in total. The number of pyridine rings is 1. The molecule has 0 fully saturated rings. The lowest BCUT2D eigenvalue weighted by Gasteiger charge is -2.11. The number of aliphatic hydroxyl groups is 1. The second-order valence-corrected chi connectivity index (χ2v) is 4.08. The molecular formula is C12H16F3NO2. The van der Waals surface area contributed by atoms with Crippen molar-refractivity contribution < 1.29 is 23.0 Å². The normalized spacial score (nSPS) is 13.6. The van der Waals surface area contributed by atoms with Crippen molar-refractivity contribution in [2.24, 2.45) is 0 Å². The van der Waals surface area contributed by atoms with Gasteiger partial charge in [-0.2, -0.15) is 13.2 Å². The number of aliphatic hydroxyl groups excluding tert-OH is 1. The fourth-order valence-corrected chi connectivity index (χ4v) is 1.46. The van der Waals surface area contributed by atoms with E-state index in [-0.39, 0.29) is 6.61 Å². The van der Waals surface area contributed by atoms with Crippen molar-refractivity contribution in [2.45, 2.75) is 32.0 Å². The van der Waals surface area contributed by atoms with Gasteiger partial charge in [-0.1, -0.05) is 0 Å². The van der Waals surface area contributed by atoms with Crippen LogP contribution in [0.2, 0.25) is 0 Å². The van der Waals surface area contributed by atoms with Crippen molar-refractivity contribution in [2.75, 3.05) is 13.2 Å². The highest BCUT2D eigenvalue weighted by Gasteiger charge is 2.27. The number of rotatable bonds is 6. The maximum atomic E-state index is 11.8. The maximum absolute atomic E-state index is 11.8. The molecule has 0 aliphatic rings. The molecule has 1 atom stereocenters. The van der Waals surface area contributed by atoms with Crippen LogP contribution >= 0.6 is 0 Å². The third-order valence-electron chi connectivity index (χ3n) is 2.31. The molecule has 0 bridgehead atoms. The van der Waals surface area contributed by atoms with E-state index in [9.17, 15) is 18.3 Å². The summed E-state index contributed by atoms with van der Waals surface area (Å²) in [7, 11) is 0. The first kappa shape index (κ1) is 14.9. The van der Waals surface area contributed by atoms with Gasteiger partial charge in [0.05, 0.1) is 11.8 Å². The Morgan fingerprint density at radius 1 is 1.44 bits per heavy atom. The van der Waals surface area contributed by atoms with Crippen molar-refractivity contribution in [3.8, 4) is 0 Å². The number of halogens is 3. The summed E-state index contributed by atoms with van der Waals surface area (Å²) < 4.78 is 39.8. The van der Waals surface area contributed by atoms with Crippen molar-refractivity contribution in [1.82, 2.24) is 4.98 Å². The quantitative estimate of drug-likeness (QED) is 0.802. The Bertz CT molecular complexity index is 369. The molecule has 0 spiro atoms. The van der Waals surface area contributed by atoms with E-state index < -0.39 is 18.9 Å². The zero-order chi connectivity index (χ0) is 13.6. The second kappa shape index (κ2) is 6.70. The number of hydrogen-bond acceptors (Lipinski definition) is 3. The monoisotopic (exact) mass is 263 g/mol. The average Bonchev–Trinajstić information content (AvgIpc) is 2.26. The van der Waals surface area contributed by atoms with Crippen LogP contribution < -0.4 is 0 Å². The molecule has 0 aliphatic heterocycles. The van der Waals surface area contributed by atoms with Gasteiger partial charge in [0, 0.05) is 12.8 Å². The van der Waals surface area contributed by atoms with E-state index in [1.807, 2.05) is 13.0 Å². The fraction of sp³-hybridized carbons (Fsp3) is 0.583. The van der Waals surface area contributed by atoms with Gasteiger partial charge in [0.25, 0.3) is 0 Å². The predicted octanol–water partition coefficient (Wildman–Crippen LogP) is 2.78. The van der Waals surface area contributed by atoms with Gasteiger partial charge in [-0.15, -0.1) is 0 Å². The molecular weight excluding hydrogens is 247 g/mol. The number of nitrogens with zero attached hydrogens (tertiary/aromatic N) is 1. The van der Waals surface area contributed by atoms with E-state index in [0.29, 0.717) is 18.5 Å². The molecule has 0 saturated carbocycles. The molecule has 1 heterocycles. The van der Waals surface area contributed by atoms with Crippen LogP contribution in [0.4, 0.5) is 13.2 Å². The van der Waals surface area contributed by atoms with E-state index in [2.05, 4.69) is 9.72 Å². The van der Waals surface area contributed by atoms with Gasteiger partial charge in [0.15, 0.2) is 0 Å². The number of ether oxygens (including phenoxy) is 1. The number of aryl methyl sites for hydroxylation is 1. The summed E-state index contributed by atoms with van der Waals surface area (Å²) in [6, 6.07) is 3.56. The lowest BCUT2D eigenvalue weighted by molar-refractivity contribution is -0.174. The zero-order valence-electron chi connectivity index (χ0n) is 10.1. The molecule has 0 saturated heterocycles. The maximum Gasteiger partial charge on any atom is 0.411 e. The predicted molar refractivity (Wildman–Crippen MR) is 60.0 cm³/mol. The Balaban J connectivity index is 2.23. The summed E-state index contributed by atoms with van der Waals surface area (Å²) in [5.74, 6) is 0. The van der Waals surface area contributed by atoms with E-state index >= 15 is 0 Å². The molecule has 0 aliphatic carbocycles. The first-order valence-corrected chi connectivity index (χ1v) is 5.63. The molecule has 0 aromatic carbocycles. The minimum absolute atomic E-state index is 0.0254. The average molecular weight is 263 g/mol. The van der Waals surface area contributed by atoms with E-state index in [1.54, 1.807) is 12.3 Å². The van der Waals surface area contributed by atoms with Gasteiger partial charge in [0.2, 0.25) is 0 Å². The Hall–Kier alpha value is -1.14. The van der Waals surface area contributed by atoms with Gasteiger partial charge in [-0.3, -0.25) is 4.98 Å². The lowest BCUT2D eigenvalue weighted by atomic mass is 10.1. The summed E-state index contributed by atoms with van der Waals surface area (Å²) in [4.78, 5) is 4.01. The largest absolute Gasteiger partial charge is 0.411 e. The van der Waals surface area contributed by atoms with Gasteiger partial charge in [-0.25, -0.2) is 0 Å². The Morgan fingerprint density at radius 3 is 2.78 bits per heavy atom. The van der Waals surface area contributed by atoms with Crippen LogP contribution in [0.5, 0.6) is 0 Å². The summed E-state index contributed by atoms with van der Waals surface area (Å²) in [5.41, 5.74) is 1.51. The molecule has 102 valence electrons. The molecule has 6 heteroatoms.